The third-order valence-corrected chi connectivity index (χ3v) is 8.57. The van der Waals surface area contributed by atoms with Crippen LogP contribution in [0.25, 0.3) is 5.69 Å². The van der Waals surface area contributed by atoms with E-state index in [4.69, 9.17) is 15.8 Å². The molecule has 198 valence electrons. The second-order valence-electron chi connectivity index (χ2n) is 11.2. The summed E-state index contributed by atoms with van der Waals surface area (Å²) in [4.78, 5) is 9.53. The number of nitrogen functional groups attached to an aromatic ring is 1. The van der Waals surface area contributed by atoms with Crippen LogP contribution in [0.2, 0.25) is 0 Å². The van der Waals surface area contributed by atoms with E-state index in [-0.39, 0.29) is 0 Å². The number of aryl methyl sites for hydroxylation is 1. The lowest BCUT2D eigenvalue weighted by Gasteiger charge is -2.31. The molecule has 1 fully saturated rings. The van der Waals surface area contributed by atoms with Crippen molar-refractivity contribution < 1.29 is 0 Å². The highest BCUT2D eigenvalue weighted by atomic mass is 15.3. The summed E-state index contributed by atoms with van der Waals surface area (Å²) >= 11 is 0. The molecule has 2 aliphatic rings. The van der Waals surface area contributed by atoms with Crippen LogP contribution in [0.5, 0.6) is 0 Å². The van der Waals surface area contributed by atoms with Crippen molar-refractivity contribution in [2.24, 2.45) is 11.8 Å². The summed E-state index contributed by atoms with van der Waals surface area (Å²) in [7, 11) is 0. The van der Waals surface area contributed by atoms with Gasteiger partial charge in [0.15, 0.2) is 0 Å². The molecule has 0 spiro atoms. The van der Waals surface area contributed by atoms with Crippen LogP contribution in [-0.2, 0) is 19.4 Å². The van der Waals surface area contributed by atoms with Crippen molar-refractivity contribution in [3.05, 3.63) is 59.0 Å². The average Bonchev–Trinajstić information content (AvgIpc) is 3.30. The molecule has 4 N–H and O–H groups in total. The Morgan fingerprint density at radius 2 is 1.81 bits per heavy atom. The lowest BCUT2D eigenvalue weighted by Crippen LogP contribution is -2.32. The predicted octanol–water partition coefficient (Wildman–Crippen LogP) is 5.64. The summed E-state index contributed by atoms with van der Waals surface area (Å²) in [6.07, 6.45) is 11.1. The molecule has 2 heterocycles. The van der Waals surface area contributed by atoms with Gasteiger partial charge in [-0.05, 0) is 81.4 Å². The standard InChI is InChI=1S/C30H43N7/c1-4-8-27-23(19-33-37(27)25-9-6-5-7-10-25)18-32-17-22-12-14-24(15-13-22)34-30-35-26-16-11-20(2)21(3)28(26)29(31)36-30/h5-7,9-10,19-22,24,32H,4,8,11-18H2,1-3H3,(H3,31,34,35,36)/t20-,21-,22?,24?/m1/s1. The Hall–Kier alpha value is -2.93. The van der Waals surface area contributed by atoms with E-state index in [1.54, 1.807) is 0 Å². The molecule has 1 saturated carbocycles. The molecular weight excluding hydrogens is 458 g/mol. The van der Waals surface area contributed by atoms with Crippen molar-refractivity contribution >= 4 is 11.8 Å². The number of hydrogen-bond donors (Lipinski definition) is 3. The van der Waals surface area contributed by atoms with Gasteiger partial charge in [-0.1, -0.05) is 45.4 Å². The Bertz CT molecular complexity index is 1160. The Morgan fingerprint density at radius 3 is 2.57 bits per heavy atom. The molecule has 3 aromatic rings. The smallest absolute Gasteiger partial charge is 0.225 e. The summed E-state index contributed by atoms with van der Waals surface area (Å²) in [6, 6.07) is 10.9. The van der Waals surface area contributed by atoms with Gasteiger partial charge in [-0.2, -0.15) is 10.1 Å². The van der Waals surface area contributed by atoms with E-state index in [0.717, 1.165) is 62.5 Å². The number of nitrogens with two attached hydrogens (primary N) is 1. The highest BCUT2D eigenvalue weighted by Gasteiger charge is 2.28. The predicted molar refractivity (Wildman–Crippen MR) is 151 cm³/mol. The monoisotopic (exact) mass is 501 g/mol. The van der Waals surface area contributed by atoms with E-state index in [1.165, 1.54) is 36.1 Å². The maximum Gasteiger partial charge on any atom is 0.225 e. The van der Waals surface area contributed by atoms with Crippen molar-refractivity contribution in [1.29, 1.82) is 0 Å². The third-order valence-electron chi connectivity index (χ3n) is 8.57. The SMILES string of the molecule is CCCc1c(CNCC2CCC(Nc3nc(N)c4c(n3)CC[C@@H](C)[C@H]4C)CC2)cnn1-c1ccccc1. The summed E-state index contributed by atoms with van der Waals surface area (Å²) in [5.74, 6) is 3.17. The summed E-state index contributed by atoms with van der Waals surface area (Å²) in [5.41, 5.74) is 12.5. The minimum absolute atomic E-state index is 0.425. The minimum Gasteiger partial charge on any atom is -0.383 e. The largest absolute Gasteiger partial charge is 0.383 e. The van der Waals surface area contributed by atoms with Crippen molar-refractivity contribution in [2.75, 3.05) is 17.6 Å². The molecule has 0 amide bonds. The summed E-state index contributed by atoms with van der Waals surface area (Å²) in [5, 5.41) is 12.0. The van der Waals surface area contributed by atoms with E-state index >= 15 is 0 Å². The fourth-order valence-corrected chi connectivity index (χ4v) is 6.14. The average molecular weight is 502 g/mol. The van der Waals surface area contributed by atoms with Crippen molar-refractivity contribution in [2.45, 2.75) is 90.6 Å². The lowest BCUT2D eigenvalue weighted by atomic mass is 9.79. The molecule has 0 bridgehead atoms. The summed E-state index contributed by atoms with van der Waals surface area (Å²) < 4.78 is 2.11. The molecule has 37 heavy (non-hydrogen) atoms. The van der Waals surface area contributed by atoms with Crippen LogP contribution in [0.4, 0.5) is 11.8 Å². The molecule has 0 aliphatic heterocycles. The molecule has 1 aromatic carbocycles. The van der Waals surface area contributed by atoms with Gasteiger partial charge >= 0.3 is 0 Å². The van der Waals surface area contributed by atoms with Crippen LogP contribution in [0, 0.1) is 11.8 Å². The normalized spacial score (nSPS) is 23.5. The molecule has 0 radical (unpaired) electrons. The van der Waals surface area contributed by atoms with Gasteiger partial charge in [0.05, 0.1) is 17.6 Å². The van der Waals surface area contributed by atoms with Crippen molar-refractivity contribution in [3.63, 3.8) is 0 Å². The first-order valence-corrected chi connectivity index (χ1v) is 14.3. The second-order valence-corrected chi connectivity index (χ2v) is 11.2. The molecule has 7 nitrogen and oxygen atoms in total. The van der Waals surface area contributed by atoms with E-state index in [9.17, 15) is 0 Å². The molecule has 5 rings (SSSR count). The fourth-order valence-electron chi connectivity index (χ4n) is 6.14. The third kappa shape index (κ3) is 5.82. The molecule has 2 aromatic heterocycles. The first-order chi connectivity index (χ1) is 18.0. The number of nitrogens with one attached hydrogen (secondary N) is 2. The summed E-state index contributed by atoms with van der Waals surface area (Å²) in [6.45, 7) is 8.71. The van der Waals surface area contributed by atoms with Gasteiger partial charge in [0, 0.05) is 29.4 Å². The van der Waals surface area contributed by atoms with Crippen LogP contribution >= 0.6 is 0 Å². The van der Waals surface area contributed by atoms with Gasteiger partial charge in [-0.3, -0.25) is 0 Å². The van der Waals surface area contributed by atoms with Gasteiger partial charge < -0.3 is 16.4 Å². The topological polar surface area (TPSA) is 93.7 Å². The quantitative estimate of drug-likeness (QED) is 0.351. The maximum atomic E-state index is 6.38. The fraction of sp³-hybridized carbons (Fsp3) is 0.567. The zero-order valence-electron chi connectivity index (χ0n) is 22.7. The minimum atomic E-state index is 0.425. The number of benzene rings is 1. The molecule has 2 aliphatic carbocycles. The van der Waals surface area contributed by atoms with Gasteiger partial charge in [0.2, 0.25) is 5.95 Å². The molecular formula is C30H43N7. The molecule has 0 unspecified atom stereocenters. The number of fused-ring (bicyclic) bond motifs is 1. The van der Waals surface area contributed by atoms with Crippen molar-refractivity contribution in [1.82, 2.24) is 25.1 Å². The lowest BCUT2D eigenvalue weighted by molar-refractivity contribution is 0.323. The van der Waals surface area contributed by atoms with E-state index < -0.39 is 0 Å². The van der Waals surface area contributed by atoms with Crippen molar-refractivity contribution in [3.8, 4) is 5.69 Å². The number of rotatable bonds is 9. The zero-order valence-corrected chi connectivity index (χ0v) is 22.7. The Labute approximate surface area is 221 Å². The van der Waals surface area contributed by atoms with E-state index in [2.05, 4.69) is 71.4 Å². The van der Waals surface area contributed by atoms with Crippen LogP contribution in [0.3, 0.4) is 0 Å². The van der Waals surface area contributed by atoms with E-state index in [1.807, 2.05) is 6.20 Å². The van der Waals surface area contributed by atoms with Crippen LogP contribution in [-0.4, -0.2) is 32.3 Å². The number of aromatic nitrogens is 4. The number of anilines is 2. The molecule has 2 atom stereocenters. The second kappa shape index (κ2) is 11.6. The Balaban J connectivity index is 1.11. The molecule has 0 saturated heterocycles. The van der Waals surface area contributed by atoms with Gasteiger partial charge in [0.25, 0.3) is 0 Å². The number of hydrogen-bond acceptors (Lipinski definition) is 6. The van der Waals surface area contributed by atoms with Crippen LogP contribution in [0.1, 0.15) is 87.7 Å². The number of para-hydroxylation sites is 1. The Morgan fingerprint density at radius 1 is 1.03 bits per heavy atom. The van der Waals surface area contributed by atoms with Gasteiger partial charge in [0.1, 0.15) is 5.82 Å². The van der Waals surface area contributed by atoms with Crippen LogP contribution in [0.15, 0.2) is 36.5 Å². The first kappa shape index (κ1) is 25.7. The van der Waals surface area contributed by atoms with E-state index in [0.29, 0.717) is 29.6 Å². The number of nitrogens with zero attached hydrogens (tertiary/aromatic N) is 4. The maximum absolute atomic E-state index is 6.38. The Kier molecular flexibility index (Phi) is 8.08. The highest BCUT2D eigenvalue weighted by molar-refractivity contribution is 5.50. The molecule has 7 heteroatoms. The van der Waals surface area contributed by atoms with Gasteiger partial charge in [-0.25, -0.2) is 9.67 Å². The van der Waals surface area contributed by atoms with Crippen LogP contribution < -0.4 is 16.4 Å². The zero-order chi connectivity index (χ0) is 25.8. The first-order valence-electron chi connectivity index (χ1n) is 14.3. The highest BCUT2D eigenvalue weighted by Crippen LogP contribution is 2.38. The van der Waals surface area contributed by atoms with Gasteiger partial charge in [-0.15, -0.1) is 0 Å².